The number of nitro benzene ring substituents is 1. The first-order valence-electron chi connectivity index (χ1n) is 7.43. The highest BCUT2D eigenvalue weighted by Gasteiger charge is 2.29. The van der Waals surface area contributed by atoms with Crippen molar-refractivity contribution in [3.8, 4) is 0 Å². The van der Waals surface area contributed by atoms with Gasteiger partial charge < -0.3 is 10.2 Å². The number of hydrogen-bond acceptors (Lipinski definition) is 6. The number of rotatable bonds is 4. The predicted molar refractivity (Wildman–Crippen MR) is 94.4 cm³/mol. The van der Waals surface area contributed by atoms with Crippen LogP contribution in [-0.4, -0.2) is 50.3 Å². The molecule has 11 heteroatoms. The third-order valence-electron chi connectivity index (χ3n) is 4.23. The monoisotopic (exact) mass is 392 g/mol. The minimum Gasteiger partial charge on any atom is -0.337 e. The largest absolute Gasteiger partial charge is 0.337 e. The number of likely N-dealkylation sites (N-methyl/N-ethyl adjacent to an activating group) is 1. The van der Waals surface area contributed by atoms with Crippen molar-refractivity contribution in [2.45, 2.75) is 30.7 Å². The van der Waals surface area contributed by atoms with Crippen LogP contribution >= 0.6 is 12.4 Å². The summed E-state index contributed by atoms with van der Waals surface area (Å²) in [6, 6.07) is 2.14. The molecule has 0 bridgehead atoms. The molecule has 0 aliphatic carbocycles. The van der Waals surface area contributed by atoms with Gasteiger partial charge in [0.1, 0.15) is 0 Å². The van der Waals surface area contributed by atoms with Crippen LogP contribution in [0.4, 0.5) is 5.69 Å². The lowest BCUT2D eigenvalue weighted by atomic mass is 10.0. The van der Waals surface area contributed by atoms with Gasteiger partial charge in [-0.15, -0.1) is 12.4 Å². The molecule has 1 amide bonds. The number of carbonyl (C=O) groups excluding carboxylic acids is 1. The topological polar surface area (TPSA) is 136 Å². The van der Waals surface area contributed by atoms with E-state index in [1.165, 1.54) is 6.92 Å². The van der Waals surface area contributed by atoms with Crippen molar-refractivity contribution in [2.24, 2.45) is 5.14 Å². The molecule has 0 saturated carbocycles. The molecule has 3 N–H and O–H groups in total. The van der Waals surface area contributed by atoms with Crippen LogP contribution in [0.25, 0.3) is 0 Å². The maximum atomic E-state index is 12.8. The van der Waals surface area contributed by atoms with E-state index < -0.39 is 31.4 Å². The second-order valence-electron chi connectivity index (χ2n) is 5.80. The van der Waals surface area contributed by atoms with Crippen LogP contribution in [0.1, 0.15) is 28.8 Å². The zero-order valence-corrected chi connectivity index (χ0v) is 15.5. The van der Waals surface area contributed by atoms with E-state index in [9.17, 15) is 23.3 Å². The number of primary sulfonamides is 1. The third-order valence-corrected chi connectivity index (χ3v) is 5.12. The number of sulfonamides is 1. The molecule has 9 nitrogen and oxygen atoms in total. The SMILES string of the molecule is CNC1CCCN(C(=O)c2cc(S(N)(=O)=O)cc([N+](=O)[O-])c2C)C1.Cl. The summed E-state index contributed by atoms with van der Waals surface area (Å²) in [6.07, 6.45) is 1.73. The molecular formula is C14H21ClN4O5S. The van der Waals surface area contributed by atoms with Crippen LogP contribution in [0.2, 0.25) is 0 Å². The molecular weight excluding hydrogens is 372 g/mol. The number of carbonyl (C=O) groups is 1. The Labute approximate surface area is 152 Å². The molecule has 0 spiro atoms. The molecule has 1 aliphatic heterocycles. The first-order chi connectivity index (χ1) is 11.1. The fourth-order valence-electron chi connectivity index (χ4n) is 2.82. The molecule has 1 saturated heterocycles. The smallest absolute Gasteiger partial charge is 0.274 e. The molecule has 0 radical (unpaired) electrons. The van der Waals surface area contributed by atoms with Gasteiger partial charge in [-0.3, -0.25) is 14.9 Å². The maximum absolute atomic E-state index is 12.8. The van der Waals surface area contributed by atoms with Gasteiger partial charge in [-0.25, -0.2) is 13.6 Å². The van der Waals surface area contributed by atoms with Gasteiger partial charge in [-0.1, -0.05) is 0 Å². The lowest BCUT2D eigenvalue weighted by Gasteiger charge is -2.33. The molecule has 1 unspecified atom stereocenters. The minimum atomic E-state index is -4.17. The summed E-state index contributed by atoms with van der Waals surface area (Å²) in [4.78, 5) is 24.4. The molecule has 2 rings (SSSR count). The zero-order chi connectivity index (χ0) is 18.1. The van der Waals surface area contributed by atoms with E-state index in [2.05, 4.69) is 5.32 Å². The van der Waals surface area contributed by atoms with E-state index in [1.54, 1.807) is 11.9 Å². The normalized spacial score (nSPS) is 17.7. The second-order valence-corrected chi connectivity index (χ2v) is 7.36. The number of halogens is 1. The molecule has 1 heterocycles. The predicted octanol–water partition coefficient (Wildman–Crippen LogP) is 0.796. The number of piperidine rings is 1. The van der Waals surface area contributed by atoms with E-state index in [4.69, 9.17) is 5.14 Å². The molecule has 1 aromatic rings. The summed E-state index contributed by atoms with van der Waals surface area (Å²) in [5, 5.41) is 19.4. The summed E-state index contributed by atoms with van der Waals surface area (Å²) < 4.78 is 23.2. The van der Waals surface area contributed by atoms with Gasteiger partial charge in [-0.05, 0) is 32.9 Å². The van der Waals surface area contributed by atoms with Crippen molar-refractivity contribution < 1.29 is 18.1 Å². The molecule has 1 fully saturated rings. The first kappa shape index (κ1) is 21.3. The first-order valence-corrected chi connectivity index (χ1v) is 8.98. The lowest BCUT2D eigenvalue weighted by Crippen LogP contribution is -2.47. The van der Waals surface area contributed by atoms with E-state index in [-0.39, 0.29) is 29.6 Å². The lowest BCUT2D eigenvalue weighted by molar-refractivity contribution is -0.385. The number of likely N-dealkylation sites (tertiary alicyclic amines) is 1. The number of amides is 1. The van der Waals surface area contributed by atoms with Crippen LogP contribution < -0.4 is 10.5 Å². The summed E-state index contributed by atoms with van der Waals surface area (Å²) in [6.45, 7) is 2.41. The van der Waals surface area contributed by atoms with E-state index in [1.807, 2.05) is 0 Å². The minimum absolute atomic E-state index is 0. The zero-order valence-electron chi connectivity index (χ0n) is 13.9. The van der Waals surface area contributed by atoms with Crippen molar-refractivity contribution >= 4 is 34.0 Å². The van der Waals surface area contributed by atoms with E-state index in [0.717, 1.165) is 25.0 Å². The highest BCUT2D eigenvalue weighted by atomic mass is 35.5. The molecule has 1 atom stereocenters. The van der Waals surface area contributed by atoms with Gasteiger partial charge in [0.15, 0.2) is 0 Å². The average molecular weight is 393 g/mol. The van der Waals surface area contributed by atoms with Gasteiger partial charge in [0.05, 0.1) is 15.4 Å². The van der Waals surface area contributed by atoms with Gasteiger partial charge in [-0.2, -0.15) is 0 Å². The summed E-state index contributed by atoms with van der Waals surface area (Å²) in [5.41, 5.74) is -0.319. The average Bonchev–Trinajstić information content (AvgIpc) is 2.53. The van der Waals surface area contributed by atoms with Crippen molar-refractivity contribution in [3.63, 3.8) is 0 Å². The van der Waals surface area contributed by atoms with Gasteiger partial charge in [0.2, 0.25) is 10.0 Å². The number of nitrogens with zero attached hydrogens (tertiary/aromatic N) is 2. The van der Waals surface area contributed by atoms with Crippen molar-refractivity contribution in [2.75, 3.05) is 20.1 Å². The number of hydrogen-bond donors (Lipinski definition) is 2. The second kappa shape index (κ2) is 8.09. The maximum Gasteiger partial charge on any atom is 0.274 e. The van der Waals surface area contributed by atoms with Crippen LogP contribution in [0.5, 0.6) is 0 Å². The Kier molecular flexibility index (Phi) is 6.89. The summed E-state index contributed by atoms with van der Waals surface area (Å²) >= 11 is 0. The fraction of sp³-hybridized carbons (Fsp3) is 0.500. The van der Waals surface area contributed by atoms with Crippen molar-refractivity contribution in [3.05, 3.63) is 33.4 Å². The summed E-state index contributed by atoms with van der Waals surface area (Å²) in [5.74, 6) is -0.430. The van der Waals surface area contributed by atoms with Crippen LogP contribution in [0.15, 0.2) is 17.0 Å². The van der Waals surface area contributed by atoms with E-state index >= 15 is 0 Å². The highest BCUT2D eigenvalue weighted by Crippen LogP contribution is 2.27. The van der Waals surface area contributed by atoms with Crippen LogP contribution in [0, 0.1) is 17.0 Å². The molecule has 0 aromatic heterocycles. The Bertz CT molecular complexity index is 784. The standard InChI is InChI=1S/C14H20N4O5S.ClH/c1-9-12(14(19)17-5-3-4-10(8-17)16-2)6-11(24(15,22)23)7-13(9)18(20)21;/h6-7,10,16H,3-5,8H2,1-2H3,(H2,15,22,23);1H. The van der Waals surface area contributed by atoms with Crippen LogP contribution in [-0.2, 0) is 10.0 Å². The number of nitro groups is 1. The van der Waals surface area contributed by atoms with Gasteiger partial charge >= 0.3 is 0 Å². The third kappa shape index (κ3) is 4.66. The van der Waals surface area contributed by atoms with Gasteiger partial charge in [0.25, 0.3) is 11.6 Å². The Morgan fingerprint density at radius 1 is 1.44 bits per heavy atom. The Morgan fingerprint density at radius 2 is 2.08 bits per heavy atom. The van der Waals surface area contributed by atoms with Crippen molar-refractivity contribution in [1.82, 2.24) is 10.2 Å². The number of nitrogens with two attached hydrogens (primary N) is 1. The molecule has 1 aliphatic rings. The Balaban J connectivity index is 0.00000312. The Hall–Kier alpha value is -1.75. The highest BCUT2D eigenvalue weighted by molar-refractivity contribution is 7.89. The molecule has 140 valence electrons. The fourth-order valence-corrected chi connectivity index (χ4v) is 3.37. The molecule has 1 aromatic carbocycles. The Morgan fingerprint density at radius 3 is 2.60 bits per heavy atom. The molecule has 25 heavy (non-hydrogen) atoms. The quantitative estimate of drug-likeness (QED) is 0.574. The number of nitrogens with one attached hydrogen (secondary N) is 1. The van der Waals surface area contributed by atoms with Gasteiger partial charge in [0, 0.05) is 30.8 Å². The van der Waals surface area contributed by atoms with Crippen LogP contribution in [0.3, 0.4) is 0 Å². The summed E-state index contributed by atoms with van der Waals surface area (Å²) in [7, 11) is -2.36. The number of benzene rings is 1. The van der Waals surface area contributed by atoms with Crippen molar-refractivity contribution in [1.29, 1.82) is 0 Å². The van der Waals surface area contributed by atoms with E-state index in [0.29, 0.717) is 13.1 Å².